The fraction of sp³-hybridized carbons (Fsp3) is 0.0744. The summed E-state index contributed by atoms with van der Waals surface area (Å²) in [6.45, 7) is 18.6. The maximum Gasteiger partial charge on any atom is 0.121 e. The molecule has 0 amide bonds. The van der Waals surface area contributed by atoms with Gasteiger partial charge in [0.15, 0.2) is 0 Å². The van der Waals surface area contributed by atoms with Crippen LogP contribution in [0, 0.1) is 111 Å². The molecular formula is C121H90Ir4N8O4-8. The van der Waals surface area contributed by atoms with Crippen LogP contribution in [-0.4, -0.2) is 39.9 Å². The van der Waals surface area contributed by atoms with Crippen LogP contribution in [0.5, 0.6) is 0 Å². The van der Waals surface area contributed by atoms with Crippen molar-refractivity contribution in [1.82, 2.24) is 39.9 Å². The van der Waals surface area contributed by atoms with Gasteiger partial charge in [0.2, 0.25) is 0 Å². The molecule has 24 aromatic rings. The molecule has 0 saturated heterocycles. The Morgan fingerprint density at radius 3 is 1.02 bits per heavy atom. The average molecular weight is 2490 g/mol. The predicted octanol–water partition coefficient (Wildman–Crippen LogP) is 30.8. The molecule has 137 heavy (non-hydrogen) atoms. The maximum atomic E-state index is 6.09. The van der Waals surface area contributed by atoms with Crippen LogP contribution >= 0.6 is 0 Å². The normalized spacial score (nSPS) is 10.4. The Bertz CT molecular complexity index is 7670. The van der Waals surface area contributed by atoms with E-state index in [9.17, 15) is 0 Å². The first-order chi connectivity index (χ1) is 65.2. The van der Waals surface area contributed by atoms with Crippen LogP contribution in [-0.2, 0) is 80.4 Å². The Labute approximate surface area is 852 Å². The van der Waals surface area contributed by atoms with E-state index in [-0.39, 0.29) is 80.4 Å². The van der Waals surface area contributed by atoms with Crippen LogP contribution in [0.2, 0.25) is 0 Å². The number of aryl methyl sites for hydroxylation is 9. The van der Waals surface area contributed by atoms with Gasteiger partial charge in [-0.15, -0.1) is 213 Å². The summed E-state index contributed by atoms with van der Waals surface area (Å²) in [6, 6.07) is 136. The number of nitrogens with zero attached hydrogens (tertiary/aromatic N) is 8. The molecule has 0 atom stereocenters. The van der Waals surface area contributed by atoms with E-state index in [1.165, 1.54) is 49.9 Å². The zero-order chi connectivity index (χ0) is 91.4. The molecule has 0 saturated carbocycles. The second kappa shape index (κ2) is 48.2. The van der Waals surface area contributed by atoms with Crippen molar-refractivity contribution < 1.29 is 98.1 Å². The molecule has 0 spiro atoms. The van der Waals surface area contributed by atoms with E-state index >= 15 is 0 Å². The van der Waals surface area contributed by atoms with E-state index in [0.717, 1.165) is 178 Å². The summed E-state index contributed by atoms with van der Waals surface area (Å²) in [6.07, 6.45) is 14.4. The molecule has 12 heterocycles. The third kappa shape index (κ3) is 24.7. The van der Waals surface area contributed by atoms with Crippen LogP contribution in [0.3, 0.4) is 0 Å². The largest absolute Gasteiger partial charge is 0.501 e. The Hall–Kier alpha value is -14.4. The zero-order valence-corrected chi connectivity index (χ0v) is 86.0. The number of rotatable bonds is 8. The standard InChI is InChI=1S/C19H14NO.3C18H12NO.4C12H10N.4Ir/c1-12-6-7-14-15-4-3-5-16(19(15)21-18(14)11-12)17-10-13(2)8-9-20-17;1-12-6-4-10-16-17(12)14-8-5-7-13(18(14)20-16)15-9-2-3-11-19-15;1-12-9-10-13(15-7-4-5-11-19-15)18-17(12)14-6-2-3-8-16(14)20-18;1-12-10-14-13-6-2-3-8-17(13)20-18(14)15(11-12)16-7-4-5-9-19-16;4*1-10-5-7-11(8-6-10)12-4-2-3-9-13-12;;;;/h3-4,6-11H,1-2H3;2-6,8-11H,1H3;2-9,11H,1H3;2-10H,1H3;4*2-7,9H,1H3;;;;/q8*-1;;;;. The molecule has 0 aliphatic carbocycles. The van der Waals surface area contributed by atoms with Crippen molar-refractivity contribution in [1.29, 1.82) is 0 Å². The first-order valence-corrected chi connectivity index (χ1v) is 43.8. The van der Waals surface area contributed by atoms with Crippen molar-refractivity contribution in [2.45, 2.75) is 62.3 Å². The summed E-state index contributed by atoms with van der Waals surface area (Å²) in [5, 5.41) is 9.10. The van der Waals surface area contributed by atoms with Gasteiger partial charge in [-0.25, -0.2) is 0 Å². The Kier molecular flexibility index (Phi) is 35.2. The number of furan rings is 4. The van der Waals surface area contributed by atoms with E-state index in [1.54, 1.807) is 43.4 Å². The fourth-order valence-electron chi connectivity index (χ4n) is 15.3. The summed E-state index contributed by atoms with van der Waals surface area (Å²) >= 11 is 0. The molecule has 12 aromatic carbocycles. The Balaban J connectivity index is 0.000000133. The van der Waals surface area contributed by atoms with Crippen LogP contribution in [0.4, 0.5) is 0 Å². The summed E-state index contributed by atoms with van der Waals surface area (Å²) in [7, 11) is 0. The summed E-state index contributed by atoms with van der Waals surface area (Å²) in [4.78, 5) is 34.7. The van der Waals surface area contributed by atoms with Crippen LogP contribution in [0.1, 0.15) is 50.1 Å². The third-order valence-electron chi connectivity index (χ3n) is 22.0. The van der Waals surface area contributed by atoms with Crippen LogP contribution < -0.4 is 0 Å². The topological polar surface area (TPSA) is 156 Å². The summed E-state index contributed by atoms with van der Waals surface area (Å²) in [5.74, 6) is 0. The third-order valence-corrected chi connectivity index (χ3v) is 22.0. The van der Waals surface area contributed by atoms with Gasteiger partial charge in [-0.05, 0) is 150 Å². The number of aromatic nitrogens is 8. The second-order valence-corrected chi connectivity index (χ2v) is 32.0. The number of hydrogen-bond donors (Lipinski definition) is 0. The van der Waals surface area contributed by atoms with Gasteiger partial charge in [-0.2, -0.15) is 0 Å². The van der Waals surface area contributed by atoms with Gasteiger partial charge in [0, 0.05) is 152 Å². The number of para-hydroxylation sites is 2. The minimum Gasteiger partial charge on any atom is -0.501 e. The van der Waals surface area contributed by atoms with Crippen molar-refractivity contribution >= 4 is 87.8 Å². The van der Waals surface area contributed by atoms with Gasteiger partial charge in [0.25, 0.3) is 0 Å². The molecular weight excluding hydrogens is 2400 g/mol. The van der Waals surface area contributed by atoms with Gasteiger partial charge in [0.1, 0.15) is 22.3 Å². The molecule has 24 rings (SSSR count). The van der Waals surface area contributed by atoms with Gasteiger partial charge in [-0.1, -0.05) is 243 Å². The number of benzene rings is 12. The molecule has 0 bridgehead atoms. The van der Waals surface area contributed by atoms with Crippen molar-refractivity contribution in [2.75, 3.05) is 0 Å². The predicted molar refractivity (Wildman–Crippen MR) is 540 cm³/mol. The zero-order valence-electron chi connectivity index (χ0n) is 76.4. The molecule has 12 nitrogen and oxygen atoms in total. The minimum absolute atomic E-state index is 0. The molecule has 0 aliphatic heterocycles. The average Bonchev–Trinajstić information content (AvgIpc) is 1.64. The maximum absolute atomic E-state index is 6.09. The number of fused-ring (bicyclic) bond motifs is 12. The second-order valence-electron chi connectivity index (χ2n) is 32.0. The Morgan fingerprint density at radius 1 is 0.204 bits per heavy atom. The van der Waals surface area contributed by atoms with Gasteiger partial charge >= 0.3 is 0 Å². The molecule has 0 fully saturated rings. The van der Waals surface area contributed by atoms with Gasteiger partial charge in [-0.3, -0.25) is 0 Å². The van der Waals surface area contributed by atoms with Crippen molar-refractivity contribution in [3.8, 4) is 90.1 Å². The monoisotopic (exact) mass is 2490 g/mol. The van der Waals surface area contributed by atoms with Crippen molar-refractivity contribution in [2.24, 2.45) is 0 Å². The Morgan fingerprint density at radius 2 is 0.562 bits per heavy atom. The molecule has 16 heteroatoms. The molecule has 0 aliphatic rings. The summed E-state index contributed by atoms with van der Waals surface area (Å²) < 4.78 is 24.2. The molecule has 4 radical (unpaired) electrons. The van der Waals surface area contributed by atoms with Gasteiger partial charge in [0.05, 0.1) is 22.3 Å². The van der Waals surface area contributed by atoms with E-state index in [1.807, 2.05) is 262 Å². The molecule has 682 valence electrons. The molecule has 12 aromatic heterocycles. The van der Waals surface area contributed by atoms with E-state index in [2.05, 4.69) is 229 Å². The number of hydrogen-bond acceptors (Lipinski definition) is 12. The van der Waals surface area contributed by atoms with Crippen LogP contribution in [0.25, 0.3) is 178 Å². The molecule has 0 unspecified atom stereocenters. The number of pyridine rings is 8. The van der Waals surface area contributed by atoms with Crippen molar-refractivity contribution in [3.05, 3.63) is 482 Å². The van der Waals surface area contributed by atoms with Crippen molar-refractivity contribution in [3.63, 3.8) is 0 Å². The smallest absolute Gasteiger partial charge is 0.121 e. The quantitative estimate of drug-likeness (QED) is 0.133. The molecule has 0 N–H and O–H groups in total. The SMILES string of the molecule is Cc1[c-]c(-c2ccccn2)c2oc3ccccc3c2c1.Cc1c[c-]c(-c2ccccn2)c2oc3ccccc3c12.Cc1c[c-]c(-c2ccccn2)cc1.Cc1c[c-]c(-c2ccccn2)cc1.Cc1c[c-]c(-c2ccccn2)cc1.Cc1c[c-]c(-c2ccccn2)cc1.Cc1cccc2oc3c(-c4ccccn4)[c-]ccc3c12.Cc1ccnc(-c2[c-]ccc3c2oc2cc(C)ccc23)c1.[Ir].[Ir].[Ir].[Ir]. The first-order valence-electron chi connectivity index (χ1n) is 43.8. The summed E-state index contributed by atoms with van der Waals surface area (Å²) in [5.41, 5.74) is 33.1. The van der Waals surface area contributed by atoms with E-state index in [0.29, 0.717) is 0 Å². The van der Waals surface area contributed by atoms with E-state index in [4.69, 9.17) is 17.7 Å². The first kappa shape index (κ1) is 100. The minimum atomic E-state index is 0. The van der Waals surface area contributed by atoms with Crippen LogP contribution in [0.15, 0.2) is 401 Å². The van der Waals surface area contributed by atoms with Gasteiger partial charge < -0.3 is 57.5 Å². The van der Waals surface area contributed by atoms with E-state index < -0.39 is 0 Å². The fourth-order valence-corrected chi connectivity index (χ4v) is 15.3.